The number of methoxy groups -OCH3 is 1. The van der Waals surface area contributed by atoms with E-state index in [9.17, 15) is 28.1 Å². The SMILES string of the molecule is COc1ccc(S(=O)(=O)C2(CCCC#Cc3ccc([N+](=O)[O-])cc3C)SC(=O)NC2=O)cc1. The number of thioether (sulfide) groups is 1. The van der Waals surface area contributed by atoms with Gasteiger partial charge in [-0.15, -0.1) is 0 Å². The van der Waals surface area contributed by atoms with Crippen LogP contribution in [-0.4, -0.2) is 35.7 Å². The number of aryl methyl sites for hydroxylation is 1. The van der Waals surface area contributed by atoms with E-state index < -0.39 is 30.0 Å². The van der Waals surface area contributed by atoms with E-state index in [-0.39, 0.29) is 29.8 Å². The van der Waals surface area contributed by atoms with Gasteiger partial charge in [0.15, 0.2) is 0 Å². The molecule has 1 aliphatic rings. The zero-order valence-corrected chi connectivity index (χ0v) is 19.4. The molecule has 3 rings (SSSR count). The van der Waals surface area contributed by atoms with Crippen molar-refractivity contribution in [3.8, 4) is 17.6 Å². The summed E-state index contributed by atoms with van der Waals surface area (Å²) in [6, 6.07) is 9.95. The van der Waals surface area contributed by atoms with Crippen LogP contribution < -0.4 is 10.1 Å². The van der Waals surface area contributed by atoms with Crippen LogP contribution in [0.25, 0.3) is 0 Å². The predicted octanol–water partition coefficient (Wildman–Crippen LogP) is 3.59. The van der Waals surface area contributed by atoms with E-state index in [1.165, 1.54) is 43.5 Å². The fraction of sp³-hybridized carbons (Fsp3) is 0.273. The van der Waals surface area contributed by atoms with Crippen LogP contribution in [0.4, 0.5) is 10.5 Å². The molecular formula is C22H20N2O7S2. The van der Waals surface area contributed by atoms with Crippen LogP contribution in [-0.2, 0) is 14.6 Å². The van der Waals surface area contributed by atoms with Crippen LogP contribution in [0, 0.1) is 28.9 Å². The molecule has 2 amide bonds. The van der Waals surface area contributed by atoms with Gasteiger partial charge >= 0.3 is 0 Å². The average molecular weight is 489 g/mol. The summed E-state index contributed by atoms with van der Waals surface area (Å²) >= 11 is 0.463. The predicted molar refractivity (Wildman–Crippen MR) is 123 cm³/mol. The van der Waals surface area contributed by atoms with Gasteiger partial charge < -0.3 is 4.74 Å². The largest absolute Gasteiger partial charge is 0.497 e. The van der Waals surface area contributed by atoms with Crippen LogP contribution in [0.2, 0.25) is 0 Å². The van der Waals surface area contributed by atoms with Crippen molar-refractivity contribution in [3.05, 3.63) is 63.7 Å². The second kappa shape index (κ2) is 9.64. The summed E-state index contributed by atoms with van der Waals surface area (Å²) in [7, 11) is -2.76. The first-order chi connectivity index (χ1) is 15.6. The smallest absolute Gasteiger partial charge is 0.287 e. The van der Waals surface area contributed by atoms with E-state index >= 15 is 0 Å². The molecule has 0 bridgehead atoms. The van der Waals surface area contributed by atoms with Gasteiger partial charge in [0.1, 0.15) is 5.75 Å². The Balaban J connectivity index is 1.79. The minimum atomic E-state index is -4.20. The van der Waals surface area contributed by atoms with E-state index in [0.29, 0.717) is 28.6 Å². The highest BCUT2D eigenvalue weighted by Crippen LogP contribution is 2.44. The Bertz CT molecular complexity index is 1280. The Labute approximate surface area is 195 Å². The van der Waals surface area contributed by atoms with Crippen molar-refractivity contribution in [2.45, 2.75) is 35.2 Å². The van der Waals surface area contributed by atoms with Crippen molar-refractivity contribution in [1.29, 1.82) is 0 Å². The lowest BCUT2D eigenvalue weighted by molar-refractivity contribution is -0.384. The quantitative estimate of drug-likeness (QED) is 0.271. The molecule has 2 aromatic carbocycles. The summed E-state index contributed by atoms with van der Waals surface area (Å²) in [6.45, 7) is 1.71. The number of unbranched alkanes of at least 4 members (excludes halogenated alkanes) is 1. The van der Waals surface area contributed by atoms with Crippen LogP contribution >= 0.6 is 11.8 Å². The normalized spacial score (nSPS) is 17.8. The number of non-ortho nitro benzene ring substituents is 1. The standard InChI is InChI=1S/C22H20N2O7S2/c1-15-14-17(24(27)28)8-7-16(15)6-4-3-5-13-22(20(25)23-21(26)32-22)33(29,30)19-11-9-18(31-2)10-12-19/h7-12,14H,3,5,13H2,1-2H3,(H,23,25,26). The number of hydrogen-bond donors (Lipinski definition) is 1. The molecule has 0 radical (unpaired) electrons. The summed E-state index contributed by atoms with van der Waals surface area (Å²) < 4.78 is 29.8. The maximum Gasteiger partial charge on any atom is 0.287 e. The molecule has 1 atom stereocenters. The van der Waals surface area contributed by atoms with Gasteiger partial charge in [-0.2, -0.15) is 0 Å². The number of amides is 2. The highest BCUT2D eigenvalue weighted by Gasteiger charge is 2.57. The summed E-state index contributed by atoms with van der Waals surface area (Å²) in [6.07, 6.45) is 0.387. The molecule has 11 heteroatoms. The molecule has 0 aromatic heterocycles. The van der Waals surface area contributed by atoms with Crippen molar-refractivity contribution < 1.29 is 27.7 Å². The van der Waals surface area contributed by atoms with Crippen molar-refractivity contribution in [2.75, 3.05) is 7.11 Å². The molecular weight excluding hydrogens is 468 g/mol. The van der Waals surface area contributed by atoms with Crippen LogP contribution in [0.3, 0.4) is 0 Å². The minimum Gasteiger partial charge on any atom is -0.497 e. The van der Waals surface area contributed by atoms with Gasteiger partial charge in [-0.3, -0.25) is 25.0 Å². The lowest BCUT2D eigenvalue weighted by Crippen LogP contribution is -2.43. The number of benzene rings is 2. The maximum atomic E-state index is 13.4. The molecule has 1 heterocycles. The van der Waals surface area contributed by atoms with Gasteiger partial charge in [-0.25, -0.2) is 8.42 Å². The first-order valence-electron chi connectivity index (χ1n) is 9.78. The van der Waals surface area contributed by atoms with Crippen molar-refractivity contribution in [2.24, 2.45) is 0 Å². The Kier molecular flexibility index (Phi) is 7.09. The number of sulfone groups is 1. The van der Waals surface area contributed by atoms with Gasteiger partial charge in [-0.05, 0) is 67.4 Å². The molecule has 9 nitrogen and oxygen atoms in total. The number of nitro groups is 1. The van der Waals surface area contributed by atoms with E-state index in [4.69, 9.17) is 4.74 Å². The summed E-state index contributed by atoms with van der Waals surface area (Å²) in [5.41, 5.74) is 1.23. The zero-order valence-electron chi connectivity index (χ0n) is 17.8. The molecule has 1 aliphatic heterocycles. The number of carbonyl (C=O) groups is 2. The number of nitrogens with zero attached hydrogens (tertiary/aromatic N) is 1. The van der Waals surface area contributed by atoms with Gasteiger partial charge in [0.25, 0.3) is 16.8 Å². The number of ether oxygens (including phenoxy) is 1. The molecule has 1 fully saturated rings. The molecule has 172 valence electrons. The summed E-state index contributed by atoms with van der Waals surface area (Å²) in [5, 5.41) is 12.2. The first kappa shape index (κ1) is 24.3. The summed E-state index contributed by atoms with van der Waals surface area (Å²) in [5.74, 6) is 5.41. The molecule has 0 saturated carbocycles. The second-order valence-corrected chi connectivity index (χ2v) is 10.9. The summed E-state index contributed by atoms with van der Waals surface area (Å²) in [4.78, 5) is 34.8. The van der Waals surface area contributed by atoms with Crippen LogP contribution in [0.15, 0.2) is 47.4 Å². The molecule has 0 aliphatic carbocycles. The molecule has 33 heavy (non-hydrogen) atoms. The molecule has 0 spiro atoms. The second-order valence-electron chi connectivity index (χ2n) is 7.19. The van der Waals surface area contributed by atoms with E-state index in [1.54, 1.807) is 13.0 Å². The van der Waals surface area contributed by atoms with E-state index in [0.717, 1.165) is 0 Å². The van der Waals surface area contributed by atoms with Crippen molar-refractivity contribution in [1.82, 2.24) is 5.32 Å². The molecule has 1 N–H and O–H groups in total. The Hall–Kier alpha value is -3.36. The lowest BCUT2D eigenvalue weighted by atomic mass is 10.1. The van der Waals surface area contributed by atoms with Gasteiger partial charge in [-0.1, -0.05) is 11.8 Å². The fourth-order valence-corrected chi connectivity index (χ4v) is 6.67. The minimum absolute atomic E-state index is 0.0299. The average Bonchev–Trinajstić information content (AvgIpc) is 3.08. The van der Waals surface area contributed by atoms with Gasteiger partial charge in [0.2, 0.25) is 13.9 Å². The Morgan fingerprint density at radius 2 is 1.88 bits per heavy atom. The van der Waals surface area contributed by atoms with Crippen LogP contribution in [0.1, 0.15) is 30.4 Å². The topological polar surface area (TPSA) is 133 Å². The number of hydrogen-bond acceptors (Lipinski definition) is 8. The molecule has 2 aromatic rings. The fourth-order valence-electron chi connectivity index (χ4n) is 3.30. The first-order valence-corrected chi connectivity index (χ1v) is 12.1. The highest BCUT2D eigenvalue weighted by atomic mass is 32.3. The van der Waals surface area contributed by atoms with Crippen molar-refractivity contribution >= 4 is 38.4 Å². The van der Waals surface area contributed by atoms with E-state index in [2.05, 4.69) is 17.2 Å². The zero-order chi connectivity index (χ0) is 24.2. The number of nitrogens with one attached hydrogen (secondary N) is 1. The monoisotopic (exact) mass is 488 g/mol. The molecule has 1 unspecified atom stereocenters. The Morgan fingerprint density at radius 3 is 2.42 bits per heavy atom. The lowest BCUT2D eigenvalue weighted by Gasteiger charge is -2.24. The number of nitro benzene ring substituents is 1. The van der Waals surface area contributed by atoms with Gasteiger partial charge in [0, 0.05) is 24.1 Å². The van der Waals surface area contributed by atoms with Gasteiger partial charge in [0.05, 0.1) is 16.9 Å². The number of imide groups is 1. The maximum absolute atomic E-state index is 13.4. The molecule has 1 saturated heterocycles. The Morgan fingerprint density at radius 1 is 1.18 bits per heavy atom. The van der Waals surface area contributed by atoms with Crippen molar-refractivity contribution in [3.63, 3.8) is 0 Å². The highest BCUT2D eigenvalue weighted by molar-refractivity contribution is 8.25. The number of carbonyl (C=O) groups excluding carboxylic acids is 2. The van der Waals surface area contributed by atoms with E-state index in [1.807, 2.05) is 0 Å². The third-order valence-corrected chi connectivity index (χ3v) is 9.14. The number of rotatable bonds is 7. The third-order valence-electron chi connectivity index (χ3n) is 5.07. The third kappa shape index (κ3) is 4.86. The van der Waals surface area contributed by atoms with Crippen LogP contribution in [0.5, 0.6) is 5.75 Å².